The zero-order chi connectivity index (χ0) is 23.9. The van der Waals surface area contributed by atoms with Gasteiger partial charge in [0.25, 0.3) is 5.91 Å². The topological polar surface area (TPSA) is 106 Å². The van der Waals surface area contributed by atoms with Crippen LogP contribution in [-0.2, 0) is 11.2 Å². The second kappa shape index (κ2) is 11.3. The Balaban J connectivity index is 1.23. The molecule has 1 saturated heterocycles. The summed E-state index contributed by atoms with van der Waals surface area (Å²) in [5, 5.41) is 4.10. The molecule has 0 saturated carbocycles. The van der Waals surface area contributed by atoms with E-state index in [-0.39, 0.29) is 11.7 Å². The van der Waals surface area contributed by atoms with Crippen LogP contribution in [0.2, 0.25) is 0 Å². The second-order valence-electron chi connectivity index (χ2n) is 8.37. The molecule has 4 rings (SSSR count). The lowest BCUT2D eigenvalue weighted by Gasteiger charge is -2.35. The van der Waals surface area contributed by atoms with Crippen molar-refractivity contribution in [1.82, 2.24) is 19.9 Å². The maximum atomic E-state index is 13.1. The number of aryl methyl sites for hydroxylation is 2. The molecule has 0 spiro atoms. The smallest absolute Gasteiger partial charge is 0.255 e. The maximum Gasteiger partial charge on any atom is 0.255 e. The summed E-state index contributed by atoms with van der Waals surface area (Å²) in [6.45, 7) is 5.94. The van der Waals surface area contributed by atoms with Crippen molar-refractivity contribution >= 4 is 23.6 Å². The van der Waals surface area contributed by atoms with Crippen molar-refractivity contribution in [2.75, 3.05) is 38.5 Å². The van der Waals surface area contributed by atoms with Gasteiger partial charge in [0.1, 0.15) is 0 Å². The molecule has 2 heterocycles. The van der Waals surface area contributed by atoms with Gasteiger partial charge in [0.15, 0.2) is 0 Å². The summed E-state index contributed by atoms with van der Waals surface area (Å²) in [6, 6.07) is 15.5. The molecule has 1 aliphatic rings. The normalized spacial score (nSPS) is 14.3. The van der Waals surface area contributed by atoms with Crippen molar-refractivity contribution in [3.05, 3.63) is 65.5 Å². The van der Waals surface area contributed by atoms with Crippen LogP contribution < -0.4 is 5.73 Å². The van der Waals surface area contributed by atoms with Crippen LogP contribution in [0.25, 0.3) is 11.4 Å². The Hall–Kier alpha value is -3.17. The maximum absolute atomic E-state index is 13.1. The monoisotopic (exact) mass is 479 g/mol. The molecule has 34 heavy (non-hydrogen) atoms. The number of benzene rings is 2. The third kappa shape index (κ3) is 6.24. The molecule has 0 bridgehead atoms. The van der Waals surface area contributed by atoms with Crippen molar-refractivity contribution in [3.8, 4) is 11.4 Å². The van der Waals surface area contributed by atoms with E-state index in [1.54, 1.807) is 0 Å². The summed E-state index contributed by atoms with van der Waals surface area (Å²) < 4.78 is 5.42. The highest BCUT2D eigenvalue weighted by molar-refractivity contribution is 8.00. The molecule has 0 aliphatic carbocycles. The average molecular weight is 480 g/mol. The second-order valence-corrected chi connectivity index (χ2v) is 9.38. The van der Waals surface area contributed by atoms with Gasteiger partial charge in [-0.15, -0.1) is 11.8 Å². The fourth-order valence-corrected chi connectivity index (χ4v) is 4.68. The number of amides is 2. The van der Waals surface area contributed by atoms with Crippen LogP contribution in [0.15, 0.2) is 57.9 Å². The number of hydrogen-bond donors (Lipinski definition) is 1. The van der Waals surface area contributed by atoms with E-state index in [4.69, 9.17) is 10.3 Å². The number of aromatic nitrogens is 2. The molecular formula is C25H29N5O3S. The Labute approximate surface area is 203 Å². The molecule has 1 fully saturated rings. The molecule has 9 heteroatoms. The van der Waals surface area contributed by atoms with Gasteiger partial charge < -0.3 is 15.2 Å². The lowest BCUT2D eigenvalue weighted by atomic mass is 10.1. The first-order valence-electron chi connectivity index (χ1n) is 11.4. The number of hydrogen-bond acceptors (Lipinski definition) is 7. The van der Waals surface area contributed by atoms with Gasteiger partial charge in [0.05, 0.1) is 11.3 Å². The molecular weight excluding hydrogens is 450 g/mol. The molecule has 8 nitrogen and oxygen atoms in total. The van der Waals surface area contributed by atoms with Crippen molar-refractivity contribution in [1.29, 1.82) is 0 Å². The molecule has 1 aliphatic heterocycles. The molecule has 3 aromatic rings. The first-order valence-corrected chi connectivity index (χ1v) is 12.4. The predicted octanol–water partition coefficient (Wildman–Crippen LogP) is 3.01. The number of carbonyl (C=O) groups excluding carboxylic acids is 2. The van der Waals surface area contributed by atoms with E-state index in [2.05, 4.69) is 15.0 Å². The number of primary amides is 1. The first-order chi connectivity index (χ1) is 16.5. The molecule has 1 aromatic heterocycles. The fourth-order valence-electron chi connectivity index (χ4n) is 3.89. The third-order valence-electron chi connectivity index (χ3n) is 5.79. The summed E-state index contributed by atoms with van der Waals surface area (Å²) in [5.74, 6) is 1.03. The number of thioether (sulfide) groups is 1. The van der Waals surface area contributed by atoms with Crippen LogP contribution in [0, 0.1) is 6.92 Å². The standard InChI is InChI=1S/C25H29N5O3S/c1-18-8-10-19(11-9-18)24-27-23(33-28-24)7-4-12-29-13-15-30(16-14-29)25(32)20-5-2-3-6-21(20)34-17-22(26)31/h2-3,5-6,8-11H,4,7,12-17H2,1H3,(H2,26,31). The molecule has 178 valence electrons. The van der Waals surface area contributed by atoms with E-state index >= 15 is 0 Å². The quantitative estimate of drug-likeness (QED) is 0.470. The SMILES string of the molecule is Cc1ccc(-c2noc(CCCN3CCN(C(=O)c4ccccc4SCC(N)=O)CC3)n2)cc1. The minimum atomic E-state index is -0.396. The van der Waals surface area contributed by atoms with E-state index < -0.39 is 5.91 Å². The summed E-state index contributed by atoms with van der Waals surface area (Å²) in [4.78, 5) is 33.7. The highest BCUT2D eigenvalue weighted by Gasteiger charge is 2.24. The minimum Gasteiger partial charge on any atom is -0.369 e. The Morgan fingerprint density at radius 3 is 2.53 bits per heavy atom. The zero-order valence-electron chi connectivity index (χ0n) is 19.3. The highest BCUT2D eigenvalue weighted by Crippen LogP contribution is 2.24. The largest absolute Gasteiger partial charge is 0.369 e. The van der Waals surface area contributed by atoms with Crippen molar-refractivity contribution < 1.29 is 14.1 Å². The average Bonchev–Trinajstić information content (AvgIpc) is 3.32. The first kappa shape index (κ1) is 24.0. The van der Waals surface area contributed by atoms with E-state index in [9.17, 15) is 9.59 Å². The number of rotatable bonds is 9. The van der Waals surface area contributed by atoms with Crippen LogP contribution in [-0.4, -0.2) is 70.2 Å². The Morgan fingerprint density at radius 1 is 1.06 bits per heavy atom. The molecule has 2 N–H and O–H groups in total. The van der Waals surface area contributed by atoms with Gasteiger partial charge in [-0.25, -0.2) is 0 Å². The number of nitrogens with two attached hydrogens (primary N) is 1. The van der Waals surface area contributed by atoms with Gasteiger partial charge in [-0.05, 0) is 32.0 Å². The van der Waals surface area contributed by atoms with Gasteiger partial charge >= 0.3 is 0 Å². The lowest BCUT2D eigenvalue weighted by Crippen LogP contribution is -2.49. The third-order valence-corrected chi connectivity index (χ3v) is 6.89. The van der Waals surface area contributed by atoms with Gasteiger partial charge in [-0.1, -0.05) is 47.1 Å². The number of carbonyl (C=O) groups is 2. The van der Waals surface area contributed by atoms with Gasteiger partial charge in [-0.2, -0.15) is 4.98 Å². The van der Waals surface area contributed by atoms with E-state index in [1.807, 2.05) is 60.4 Å². The van der Waals surface area contributed by atoms with Crippen LogP contribution >= 0.6 is 11.8 Å². The summed E-state index contributed by atoms with van der Waals surface area (Å²) >= 11 is 1.31. The highest BCUT2D eigenvalue weighted by atomic mass is 32.2. The number of nitrogens with zero attached hydrogens (tertiary/aromatic N) is 4. The predicted molar refractivity (Wildman–Crippen MR) is 131 cm³/mol. The van der Waals surface area contributed by atoms with Crippen LogP contribution in [0.5, 0.6) is 0 Å². The van der Waals surface area contributed by atoms with Gasteiger partial charge in [0, 0.05) is 43.1 Å². The van der Waals surface area contributed by atoms with Crippen LogP contribution in [0.3, 0.4) is 0 Å². The van der Waals surface area contributed by atoms with Crippen LogP contribution in [0.4, 0.5) is 0 Å². The Kier molecular flexibility index (Phi) is 7.97. The molecule has 0 atom stereocenters. The summed E-state index contributed by atoms with van der Waals surface area (Å²) in [5.41, 5.74) is 8.04. The summed E-state index contributed by atoms with van der Waals surface area (Å²) in [7, 11) is 0. The van der Waals surface area contributed by atoms with Crippen molar-refractivity contribution in [3.63, 3.8) is 0 Å². The number of piperazine rings is 1. The molecule has 2 aromatic carbocycles. The van der Waals surface area contributed by atoms with Crippen molar-refractivity contribution in [2.45, 2.75) is 24.7 Å². The Morgan fingerprint density at radius 2 is 1.79 bits per heavy atom. The van der Waals surface area contributed by atoms with E-state index in [0.717, 1.165) is 42.9 Å². The summed E-state index contributed by atoms with van der Waals surface area (Å²) in [6.07, 6.45) is 1.64. The molecule has 0 unspecified atom stereocenters. The van der Waals surface area contributed by atoms with E-state index in [1.165, 1.54) is 17.3 Å². The minimum absolute atomic E-state index is 0.00159. The fraction of sp³-hybridized carbons (Fsp3) is 0.360. The molecule has 2 amide bonds. The van der Waals surface area contributed by atoms with Gasteiger partial charge in [0.2, 0.25) is 17.6 Å². The lowest BCUT2D eigenvalue weighted by molar-refractivity contribution is -0.115. The Bertz CT molecular complexity index is 1120. The van der Waals surface area contributed by atoms with E-state index in [0.29, 0.717) is 30.4 Å². The van der Waals surface area contributed by atoms with Crippen molar-refractivity contribution in [2.24, 2.45) is 5.73 Å². The van der Waals surface area contributed by atoms with Crippen LogP contribution in [0.1, 0.15) is 28.2 Å². The van der Waals surface area contributed by atoms with Gasteiger partial charge in [-0.3, -0.25) is 14.5 Å². The molecule has 0 radical (unpaired) electrons. The zero-order valence-corrected chi connectivity index (χ0v) is 20.1.